The van der Waals surface area contributed by atoms with Gasteiger partial charge in [0, 0.05) is 103 Å². The summed E-state index contributed by atoms with van der Waals surface area (Å²) in [5.41, 5.74) is 20.4. The number of nitrogens with zero attached hydrogens (tertiary/aromatic N) is 7. The molecule has 0 saturated heterocycles. The third kappa shape index (κ3) is 29.5. The van der Waals surface area contributed by atoms with Gasteiger partial charge in [0.1, 0.15) is 11.5 Å². The molecule has 0 atom stereocenters. The maximum absolute atomic E-state index is 5.09. The van der Waals surface area contributed by atoms with Crippen molar-refractivity contribution in [3.05, 3.63) is 274 Å². The molecule has 4 aromatic carbocycles. The van der Waals surface area contributed by atoms with Crippen LogP contribution in [0.25, 0.3) is 17.0 Å². The van der Waals surface area contributed by atoms with Crippen molar-refractivity contribution in [3.8, 4) is 0 Å². The second kappa shape index (κ2) is 46.2. The van der Waals surface area contributed by atoms with E-state index in [1.807, 2.05) is 67.8 Å². The van der Waals surface area contributed by atoms with Gasteiger partial charge >= 0.3 is 0 Å². The van der Waals surface area contributed by atoms with Crippen LogP contribution in [0, 0.1) is 23.7 Å². The first-order valence-corrected chi connectivity index (χ1v) is 38.9. The summed E-state index contributed by atoms with van der Waals surface area (Å²) in [7, 11) is 0. The van der Waals surface area contributed by atoms with Crippen LogP contribution in [0.15, 0.2) is 241 Å². The Morgan fingerprint density at radius 3 is 1.51 bits per heavy atom. The molecule has 7 aliphatic rings. The highest BCUT2D eigenvalue weighted by Gasteiger charge is 2.17. The quantitative estimate of drug-likeness (QED) is 0.129. The van der Waals surface area contributed by atoms with Crippen LogP contribution in [-0.2, 0) is 25.8 Å². The summed E-state index contributed by atoms with van der Waals surface area (Å²) < 4.78 is 14.5. The lowest BCUT2D eigenvalue weighted by atomic mass is 9.95. The normalized spacial score (nSPS) is 14.1. The van der Waals surface area contributed by atoms with E-state index in [2.05, 4.69) is 320 Å². The Morgan fingerprint density at radius 1 is 0.452 bits per heavy atom. The zero-order chi connectivity index (χ0) is 76.1. The lowest BCUT2D eigenvalue weighted by molar-refractivity contribution is 0.487. The number of hydrogen-bond acceptors (Lipinski definition) is 7. The fraction of sp³-hybridized carbons (Fsp3) is 0.442. The van der Waals surface area contributed by atoms with E-state index < -0.39 is 0 Å². The molecule has 4 aromatic heterocycles. The Labute approximate surface area is 630 Å². The van der Waals surface area contributed by atoms with E-state index in [9.17, 15) is 0 Å². The fourth-order valence-electron chi connectivity index (χ4n) is 12.2. The maximum Gasteiger partial charge on any atom is 0.106 e. The van der Waals surface area contributed by atoms with Crippen LogP contribution in [-0.4, -0.2) is 45.0 Å². The second-order valence-electron chi connectivity index (χ2n) is 30.6. The second-order valence-corrected chi connectivity index (χ2v) is 30.6. The molecular weight excluding hydrogens is 1270 g/mol. The Bertz CT molecular complexity index is 3810. The van der Waals surface area contributed by atoms with E-state index >= 15 is 0 Å². The molecule has 3 aliphatic carbocycles. The van der Waals surface area contributed by atoms with Gasteiger partial charge in [0.15, 0.2) is 0 Å². The monoisotopic (exact) mass is 1400 g/mol. The summed E-state index contributed by atoms with van der Waals surface area (Å²) in [6, 6.07) is 39.4. The number of imidazole rings is 1. The van der Waals surface area contributed by atoms with Crippen molar-refractivity contribution in [1.82, 2.24) is 14.1 Å². The first-order valence-electron chi connectivity index (χ1n) is 38.9. The molecular formula is C95H131N7O2. The predicted octanol–water partition coefficient (Wildman–Crippen LogP) is 27.1. The number of hydrogen-bond donors (Lipinski definition) is 0. The van der Waals surface area contributed by atoms with Gasteiger partial charge in [-0.1, -0.05) is 240 Å². The third-order valence-corrected chi connectivity index (χ3v) is 18.7. The minimum Gasteiger partial charge on any atom is -0.469 e. The molecule has 15 rings (SSSR count). The van der Waals surface area contributed by atoms with Crippen LogP contribution in [0.4, 0.5) is 0 Å². The molecule has 0 saturated carbocycles. The van der Waals surface area contributed by atoms with Crippen molar-refractivity contribution in [3.63, 3.8) is 0 Å². The SMILES string of the molecule is CC(C)C1=CCC=C1.CC(C)C1=CCN=C1.CC(C)C1=CN=CC1.CC(C)C1=NC=CC1.CC(C)c1cccc2c1C=CC2.CC(C)c1cccc2c1C=NC2.CC(C)c1cccc2c1CCC2.CC(C)c1ccco1.CC(C)c1ccco1.CC(C)n1ccc2ccccc21.CC(C)n1ccnc1. The molecule has 4 aliphatic heterocycles. The average Bonchev–Trinajstić information content (AvgIpc) is 1.69. The van der Waals surface area contributed by atoms with E-state index in [-0.39, 0.29) is 0 Å². The molecule has 558 valence electrons. The van der Waals surface area contributed by atoms with Crippen molar-refractivity contribution in [2.45, 2.75) is 245 Å². The van der Waals surface area contributed by atoms with Gasteiger partial charge < -0.3 is 18.0 Å². The van der Waals surface area contributed by atoms with E-state index in [4.69, 9.17) is 8.83 Å². The molecule has 104 heavy (non-hydrogen) atoms. The lowest BCUT2D eigenvalue weighted by Gasteiger charge is -2.10. The minimum absolute atomic E-state index is 0.519. The maximum atomic E-state index is 5.09. The first-order chi connectivity index (χ1) is 49.8. The van der Waals surface area contributed by atoms with Crippen LogP contribution < -0.4 is 0 Å². The predicted molar refractivity (Wildman–Crippen MR) is 453 cm³/mol. The minimum atomic E-state index is 0.519. The Balaban J connectivity index is 0.000000207. The molecule has 9 nitrogen and oxygen atoms in total. The van der Waals surface area contributed by atoms with Crippen molar-refractivity contribution in [1.29, 1.82) is 0 Å². The molecule has 0 amide bonds. The highest BCUT2D eigenvalue weighted by atomic mass is 16.3. The van der Waals surface area contributed by atoms with E-state index in [0.29, 0.717) is 65.3 Å². The highest BCUT2D eigenvalue weighted by molar-refractivity contribution is 5.89. The van der Waals surface area contributed by atoms with Gasteiger partial charge in [-0.3, -0.25) is 20.0 Å². The zero-order valence-electron chi connectivity index (χ0n) is 67.9. The molecule has 0 N–H and O–H groups in total. The van der Waals surface area contributed by atoms with Crippen LogP contribution in [0.3, 0.4) is 0 Å². The van der Waals surface area contributed by atoms with Gasteiger partial charge in [0.05, 0.1) is 31.9 Å². The summed E-state index contributed by atoms with van der Waals surface area (Å²) in [6.07, 6.45) is 44.7. The van der Waals surface area contributed by atoms with Crippen LogP contribution >= 0.6 is 0 Å². The summed E-state index contributed by atoms with van der Waals surface area (Å²) >= 11 is 0. The van der Waals surface area contributed by atoms with Crippen molar-refractivity contribution >= 4 is 41.3 Å². The molecule has 0 spiro atoms. The van der Waals surface area contributed by atoms with E-state index in [1.165, 1.54) is 86.0 Å². The average molecular weight is 1400 g/mol. The number of aliphatic imine (C=N–C) groups is 4. The van der Waals surface area contributed by atoms with Gasteiger partial charge in [-0.25, -0.2) is 4.98 Å². The van der Waals surface area contributed by atoms with Crippen LogP contribution in [0.5, 0.6) is 0 Å². The summed E-state index contributed by atoms with van der Waals surface area (Å²) in [6.45, 7) is 49.9. The summed E-state index contributed by atoms with van der Waals surface area (Å²) in [5.74, 6) is 7.77. The van der Waals surface area contributed by atoms with Crippen LogP contribution in [0.1, 0.15) is 281 Å². The Kier molecular flexibility index (Phi) is 38.2. The van der Waals surface area contributed by atoms with E-state index in [1.54, 1.807) is 35.4 Å². The smallest absolute Gasteiger partial charge is 0.106 e. The lowest BCUT2D eigenvalue weighted by Crippen LogP contribution is -2.02. The number of aromatic nitrogens is 3. The third-order valence-electron chi connectivity index (χ3n) is 18.7. The van der Waals surface area contributed by atoms with Crippen molar-refractivity contribution in [2.75, 3.05) is 6.54 Å². The largest absolute Gasteiger partial charge is 0.469 e. The van der Waals surface area contributed by atoms with Crippen molar-refractivity contribution in [2.24, 2.45) is 43.6 Å². The molecule has 0 bridgehead atoms. The summed E-state index contributed by atoms with van der Waals surface area (Å²) in [4.78, 5) is 20.4. The number of fused-ring (bicyclic) bond motifs is 4. The fourth-order valence-corrected chi connectivity index (χ4v) is 12.2. The Hall–Kier alpha value is -8.69. The van der Waals surface area contributed by atoms with Gasteiger partial charge in [-0.2, -0.15) is 0 Å². The zero-order valence-corrected chi connectivity index (χ0v) is 67.9. The topological polar surface area (TPSA) is 98.5 Å². The number of aryl methyl sites for hydroxylation is 1. The Morgan fingerprint density at radius 2 is 1.08 bits per heavy atom. The molecule has 8 heterocycles. The molecule has 8 aromatic rings. The first kappa shape index (κ1) is 86.0. The van der Waals surface area contributed by atoms with Gasteiger partial charge in [-0.05, 0) is 204 Å². The molecule has 0 fully saturated rings. The van der Waals surface area contributed by atoms with E-state index in [0.717, 1.165) is 50.3 Å². The number of para-hydroxylation sites is 1. The number of allylic oxidation sites excluding steroid dienone is 8. The molecule has 0 unspecified atom stereocenters. The summed E-state index contributed by atoms with van der Waals surface area (Å²) in [5, 5.41) is 1.33. The van der Waals surface area contributed by atoms with Crippen molar-refractivity contribution < 1.29 is 8.83 Å². The van der Waals surface area contributed by atoms with Crippen LogP contribution in [0.2, 0.25) is 0 Å². The number of furan rings is 2. The number of benzene rings is 4. The highest BCUT2D eigenvalue weighted by Crippen LogP contribution is 2.31. The van der Waals surface area contributed by atoms with Gasteiger partial charge in [0.2, 0.25) is 0 Å². The standard InChI is InChI=1S/C12H16.C12H14.2C11H13N.C8H12.3C7H11N.2C7H10O.C6H10N2/c2*1-9(2)11-7-3-5-10-6-4-8-12(10)11;1-8(2)10-5-3-4-9-6-12-7-11(9)10;1-9(2)12-8-7-10-5-3-4-6-11(10)12;1-7(2)8-5-3-4-6-8;2*1-6(2)7-3-4-8-5-7;3*1-6(2)7-4-3-5-8-7;1-6(2)8-4-3-7-5-8/h3,5,7,9H,4,6,8H2,1-2H3;3-5,7-9H,6H2,1-2H3;3-5,7-8H,6H2,1-2H3;3-9H,1-2H3;3,5-7H,4H2,1-2H3;4-6H,3H2,1-2H3;2*3,5-6H,4H2,1-2H3;3*3-6H,1-2H3. The van der Waals surface area contributed by atoms with Gasteiger partial charge in [-0.15, -0.1) is 0 Å². The number of rotatable bonds is 11. The molecule has 9 heteroatoms. The molecule has 0 radical (unpaired) electrons. The van der Waals surface area contributed by atoms with Gasteiger partial charge in [0.25, 0.3) is 0 Å².